The maximum Gasteiger partial charge on any atom is 0.291 e. The highest BCUT2D eigenvalue weighted by Crippen LogP contribution is 2.38. The van der Waals surface area contributed by atoms with Crippen molar-refractivity contribution in [2.45, 2.75) is 45.9 Å². The topological polar surface area (TPSA) is 122 Å². The largest absolute Gasteiger partial charge is 0.386 e. The number of aromatic nitrogens is 3. The molecule has 0 fully saturated rings. The van der Waals surface area contributed by atoms with Crippen molar-refractivity contribution in [1.82, 2.24) is 19.4 Å². The third-order valence-corrected chi connectivity index (χ3v) is 8.36. The van der Waals surface area contributed by atoms with Crippen LogP contribution >= 0.6 is 11.6 Å². The van der Waals surface area contributed by atoms with E-state index in [4.69, 9.17) is 16.3 Å². The first-order chi connectivity index (χ1) is 20.9. The standard InChI is InChI=1S/C33H37ClN6O4/c1-19-21(9-7-11-24(19)37-31(41)26-15-20(18-44-6)23(16-35-26)33(2,3)43)22-10-8-12-25(29(22)34)38-32(42)30-36-27-17-39(4)14-13-28(27)40(30)5/h7-12,15-16,43H,13-14,17-18H2,1-6H3,(H,37,41)(H,38,42). The third-order valence-electron chi connectivity index (χ3n) is 7.95. The summed E-state index contributed by atoms with van der Waals surface area (Å²) in [5.74, 6) is -0.399. The number of hydrogen-bond donors (Lipinski definition) is 3. The lowest BCUT2D eigenvalue weighted by Gasteiger charge is -2.21. The number of fused-ring (bicyclic) bond motifs is 1. The lowest BCUT2D eigenvalue weighted by atomic mass is 9.95. The summed E-state index contributed by atoms with van der Waals surface area (Å²) in [6.07, 6.45) is 2.34. The average Bonchev–Trinajstić information content (AvgIpc) is 3.30. The molecule has 44 heavy (non-hydrogen) atoms. The van der Waals surface area contributed by atoms with Crippen LogP contribution in [0.3, 0.4) is 0 Å². The van der Waals surface area contributed by atoms with Gasteiger partial charge in [0.2, 0.25) is 0 Å². The van der Waals surface area contributed by atoms with Gasteiger partial charge >= 0.3 is 0 Å². The van der Waals surface area contributed by atoms with Gasteiger partial charge in [0.15, 0.2) is 5.82 Å². The van der Waals surface area contributed by atoms with Crippen LogP contribution in [-0.4, -0.2) is 57.1 Å². The third kappa shape index (κ3) is 6.25. The van der Waals surface area contributed by atoms with Gasteiger partial charge in [0.05, 0.1) is 28.6 Å². The number of anilines is 2. The number of benzene rings is 2. The quantitative estimate of drug-likeness (QED) is 0.245. The number of nitrogens with one attached hydrogen (secondary N) is 2. The first-order valence-corrected chi connectivity index (χ1v) is 14.7. The molecule has 2 amide bonds. The molecule has 0 unspecified atom stereocenters. The van der Waals surface area contributed by atoms with Crippen LogP contribution in [0.5, 0.6) is 0 Å². The molecule has 0 atom stereocenters. The number of nitrogens with zero attached hydrogens (tertiary/aromatic N) is 4. The van der Waals surface area contributed by atoms with Gasteiger partial charge < -0.3 is 29.9 Å². The second-order valence-electron chi connectivity index (χ2n) is 11.6. The summed E-state index contributed by atoms with van der Waals surface area (Å²) in [5, 5.41) is 16.8. The van der Waals surface area contributed by atoms with Crippen LogP contribution in [0, 0.1) is 6.92 Å². The second kappa shape index (κ2) is 12.5. The zero-order valence-corrected chi connectivity index (χ0v) is 26.5. The number of aliphatic hydroxyl groups is 1. The molecule has 3 heterocycles. The average molecular weight is 617 g/mol. The molecule has 0 bridgehead atoms. The van der Waals surface area contributed by atoms with E-state index in [1.807, 2.05) is 49.9 Å². The maximum absolute atomic E-state index is 13.3. The number of amides is 2. The van der Waals surface area contributed by atoms with E-state index in [-0.39, 0.29) is 18.2 Å². The Kier molecular flexibility index (Phi) is 8.90. The summed E-state index contributed by atoms with van der Waals surface area (Å²) < 4.78 is 7.14. The van der Waals surface area contributed by atoms with Gasteiger partial charge in [-0.25, -0.2) is 4.98 Å². The van der Waals surface area contributed by atoms with Crippen LogP contribution in [0.2, 0.25) is 5.02 Å². The fraction of sp³-hybridized carbons (Fsp3) is 0.333. The SMILES string of the molecule is COCc1cc(C(=O)Nc2cccc(-c3cccc(NC(=O)c4nc5c(n4C)CCN(C)C5)c3Cl)c2C)ncc1C(C)(C)O. The molecule has 0 saturated carbocycles. The molecule has 10 nitrogen and oxygen atoms in total. The summed E-state index contributed by atoms with van der Waals surface area (Å²) in [5.41, 5.74) is 5.64. The highest BCUT2D eigenvalue weighted by Gasteiger charge is 2.25. The molecular formula is C33H37ClN6O4. The van der Waals surface area contributed by atoms with Crippen molar-refractivity contribution in [3.8, 4) is 11.1 Å². The summed E-state index contributed by atoms with van der Waals surface area (Å²) >= 11 is 6.88. The Morgan fingerprint density at radius 2 is 1.75 bits per heavy atom. The molecule has 1 aliphatic heterocycles. The Morgan fingerprint density at radius 1 is 1.07 bits per heavy atom. The van der Waals surface area contributed by atoms with Gasteiger partial charge in [-0.15, -0.1) is 0 Å². The van der Waals surface area contributed by atoms with Gasteiger partial charge in [0.25, 0.3) is 11.8 Å². The fourth-order valence-electron chi connectivity index (χ4n) is 5.57. The van der Waals surface area contributed by atoms with Crippen molar-refractivity contribution in [1.29, 1.82) is 0 Å². The maximum atomic E-state index is 13.3. The van der Waals surface area contributed by atoms with E-state index in [0.717, 1.165) is 35.5 Å². The first-order valence-electron chi connectivity index (χ1n) is 14.3. The Bertz CT molecular complexity index is 1740. The lowest BCUT2D eigenvalue weighted by molar-refractivity contribution is 0.0740. The van der Waals surface area contributed by atoms with E-state index in [9.17, 15) is 14.7 Å². The van der Waals surface area contributed by atoms with Crippen LogP contribution in [0.4, 0.5) is 11.4 Å². The Balaban J connectivity index is 1.39. The number of imidazole rings is 1. The molecule has 2 aromatic heterocycles. The number of halogens is 1. The molecule has 0 saturated heterocycles. The fourth-order valence-corrected chi connectivity index (χ4v) is 5.85. The smallest absolute Gasteiger partial charge is 0.291 e. The molecule has 2 aromatic carbocycles. The number of methoxy groups -OCH3 is 1. The normalized spacial score (nSPS) is 13.5. The van der Waals surface area contributed by atoms with Crippen molar-refractivity contribution in [3.63, 3.8) is 0 Å². The first kappa shape index (κ1) is 31.3. The van der Waals surface area contributed by atoms with Gasteiger partial charge in [-0.1, -0.05) is 35.9 Å². The number of carbonyl (C=O) groups is 2. The zero-order chi connectivity index (χ0) is 31.8. The van der Waals surface area contributed by atoms with Gasteiger partial charge in [-0.2, -0.15) is 0 Å². The summed E-state index contributed by atoms with van der Waals surface area (Å²) in [7, 11) is 5.46. The number of likely N-dealkylation sites (N-methyl/N-ethyl adjacent to an activating group) is 1. The molecule has 11 heteroatoms. The highest BCUT2D eigenvalue weighted by molar-refractivity contribution is 6.36. The molecule has 0 spiro atoms. The van der Waals surface area contributed by atoms with Crippen molar-refractivity contribution >= 4 is 34.8 Å². The minimum atomic E-state index is -1.14. The van der Waals surface area contributed by atoms with Crippen molar-refractivity contribution in [3.05, 3.63) is 93.3 Å². The zero-order valence-electron chi connectivity index (χ0n) is 25.8. The van der Waals surface area contributed by atoms with Gasteiger partial charge in [-0.3, -0.25) is 14.6 Å². The predicted octanol–water partition coefficient (Wildman–Crippen LogP) is 5.31. The highest BCUT2D eigenvalue weighted by atomic mass is 35.5. The number of carbonyl (C=O) groups excluding carboxylic acids is 2. The Labute approximate surface area is 262 Å². The number of ether oxygens (including phenoxy) is 1. The monoisotopic (exact) mass is 616 g/mol. The van der Waals surface area contributed by atoms with Gasteiger partial charge in [0, 0.05) is 62.4 Å². The molecule has 5 rings (SSSR count). The van der Waals surface area contributed by atoms with Gasteiger partial charge in [0.1, 0.15) is 5.69 Å². The molecule has 0 radical (unpaired) electrons. The van der Waals surface area contributed by atoms with E-state index < -0.39 is 11.5 Å². The Hall–Kier alpha value is -4.09. The molecule has 230 valence electrons. The molecule has 4 aromatic rings. The predicted molar refractivity (Wildman–Crippen MR) is 171 cm³/mol. The summed E-state index contributed by atoms with van der Waals surface area (Å²) in [6.45, 7) is 7.06. The van der Waals surface area contributed by atoms with E-state index in [2.05, 4.69) is 25.5 Å². The number of pyridine rings is 1. The minimum absolute atomic E-state index is 0.195. The number of rotatable bonds is 8. The molecule has 1 aliphatic rings. The number of hydrogen-bond acceptors (Lipinski definition) is 7. The van der Waals surface area contributed by atoms with Crippen LogP contribution in [0.15, 0.2) is 48.7 Å². The molecule has 0 aliphatic carbocycles. The minimum Gasteiger partial charge on any atom is -0.386 e. The van der Waals surface area contributed by atoms with Crippen LogP contribution in [0.25, 0.3) is 11.1 Å². The van der Waals surface area contributed by atoms with E-state index >= 15 is 0 Å². The van der Waals surface area contributed by atoms with Crippen LogP contribution in [-0.2, 0) is 37.0 Å². The lowest BCUT2D eigenvalue weighted by Crippen LogP contribution is -2.27. The van der Waals surface area contributed by atoms with Crippen molar-refractivity contribution in [2.24, 2.45) is 7.05 Å². The van der Waals surface area contributed by atoms with Crippen molar-refractivity contribution in [2.75, 3.05) is 31.3 Å². The second-order valence-corrected chi connectivity index (χ2v) is 12.0. The van der Waals surface area contributed by atoms with Crippen LogP contribution in [0.1, 0.15) is 63.0 Å². The van der Waals surface area contributed by atoms with E-state index in [1.165, 1.54) is 6.20 Å². The molecular weight excluding hydrogens is 580 g/mol. The van der Waals surface area contributed by atoms with E-state index in [1.54, 1.807) is 39.2 Å². The molecule has 3 N–H and O–H groups in total. The van der Waals surface area contributed by atoms with Gasteiger partial charge in [-0.05, 0) is 62.7 Å². The summed E-state index contributed by atoms with van der Waals surface area (Å²) in [6, 6.07) is 12.6. The van der Waals surface area contributed by atoms with E-state index in [0.29, 0.717) is 45.5 Å². The van der Waals surface area contributed by atoms with Crippen molar-refractivity contribution < 1.29 is 19.4 Å². The van der Waals surface area contributed by atoms with Crippen LogP contribution < -0.4 is 10.6 Å². The summed E-state index contributed by atoms with van der Waals surface area (Å²) in [4.78, 5) is 37.7. The Morgan fingerprint density at radius 3 is 2.45 bits per heavy atom.